The van der Waals surface area contributed by atoms with Gasteiger partial charge in [0.1, 0.15) is 24.2 Å². The second-order valence-electron chi connectivity index (χ2n) is 8.75. The van der Waals surface area contributed by atoms with Crippen molar-refractivity contribution < 1.29 is 18.8 Å². The van der Waals surface area contributed by atoms with E-state index in [1.54, 1.807) is 0 Å². The highest BCUT2D eigenvalue weighted by molar-refractivity contribution is 5.99. The average Bonchev–Trinajstić information content (AvgIpc) is 2.85. The summed E-state index contributed by atoms with van der Waals surface area (Å²) >= 11 is 0. The van der Waals surface area contributed by atoms with Gasteiger partial charge in [0.25, 0.3) is 0 Å². The Balaban J connectivity index is 1.98. The molecule has 3 rings (SSSR count). The molecular weight excluding hydrogens is 428 g/mol. The van der Waals surface area contributed by atoms with Crippen molar-refractivity contribution in [3.63, 3.8) is 0 Å². The first-order valence-electron chi connectivity index (χ1n) is 12.5. The lowest BCUT2D eigenvalue weighted by Crippen LogP contribution is -2.36. The van der Waals surface area contributed by atoms with Crippen molar-refractivity contribution in [3.8, 4) is 11.5 Å². The van der Waals surface area contributed by atoms with E-state index >= 15 is 0 Å². The number of anilines is 2. The number of nitrogens with zero attached hydrogens (tertiary/aromatic N) is 4. The van der Waals surface area contributed by atoms with Gasteiger partial charge in [0, 0.05) is 50.0 Å². The number of pyridine rings is 1. The van der Waals surface area contributed by atoms with Crippen LogP contribution in [0.4, 0.5) is 11.4 Å². The van der Waals surface area contributed by atoms with E-state index in [1.807, 2.05) is 43.0 Å². The van der Waals surface area contributed by atoms with Crippen molar-refractivity contribution in [3.05, 3.63) is 42.2 Å². The molecule has 0 spiro atoms. The summed E-state index contributed by atoms with van der Waals surface area (Å²) in [5, 5.41) is 6.79. The summed E-state index contributed by atoms with van der Waals surface area (Å²) in [5.74, 6) is 1.70. The van der Waals surface area contributed by atoms with Crippen LogP contribution in [0.3, 0.4) is 0 Å². The molecule has 1 saturated heterocycles. The van der Waals surface area contributed by atoms with Gasteiger partial charge in [0.2, 0.25) is 0 Å². The van der Waals surface area contributed by atoms with Crippen molar-refractivity contribution in [2.75, 3.05) is 56.5 Å². The topological polar surface area (TPSA) is 50.4 Å². The number of hydrogen-bond acceptors (Lipinski definition) is 6. The molecule has 2 aromatic rings. The number of aryl methyl sites for hydroxylation is 1. The predicted molar refractivity (Wildman–Crippen MR) is 139 cm³/mol. The molecule has 7 nitrogen and oxygen atoms in total. The van der Waals surface area contributed by atoms with Gasteiger partial charge in [-0.15, -0.1) is 0 Å². The number of rotatable bonds is 12. The maximum absolute atomic E-state index is 6.29. The minimum Gasteiger partial charge on any atom is -0.491 e. The van der Waals surface area contributed by atoms with Crippen LogP contribution < -0.4 is 23.9 Å². The molecule has 0 amide bonds. The Morgan fingerprint density at radius 1 is 1.03 bits per heavy atom. The molecule has 1 aliphatic heterocycles. The fourth-order valence-electron chi connectivity index (χ4n) is 3.81. The summed E-state index contributed by atoms with van der Waals surface area (Å²) < 4.78 is 20.2. The Labute approximate surface area is 204 Å². The number of benzene rings is 1. The van der Waals surface area contributed by atoms with Crippen molar-refractivity contribution in [2.24, 2.45) is 12.1 Å². The SMILES string of the molecule is CCCCOc1cc(N(C)N=C(C)c2cc[n+](C)cc2)c(OCCCC)cc1N1CCOCC1. The van der Waals surface area contributed by atoms with E-state index in [0.29, 0.717) is 13.2 Å². The zero-order valence-corrected chi connectivity index (χ0v) is 21.5. The van der Waals surface area contributed by atoms with Crippen molar-refractivity contribution in [1.29, 1.82) is 0 Å². The number of aromatic nitrogens is 1. The Hall–Kier alpha value is -2.80. The highest BCUT2D eigenvalue weighted by Gasteiger charge is 2.21. The zero-order chi connectivity index (χ0) is 24.3. The highest BCUT2D eigenvalue weighted by Crippen LogP contribution is 2.41. The van der Waals surface area contributed by atoms with E-state index in [2.05, 4.69) is 43.0 Å². The van der Waals surface area contributed by atoms with Gasteiger partial charge in [-0.3, -0.25) is 5.01 Å². The third-order valence-corrected chi connectivity index (χ3v) is 5.95. The molecule has 186 valence electrons. The summed E-state index contributed by atoms with van der Waals surface area (Å²) in [6.45, 7) is 10.9. The second-order valence-corrected chi connectivity index (χ2v) is 8.75. The summed E-state index contributed by atoms with van der Waals surface area (Å²) in [7, 11) is 3.98. The molecule has 0 bridgehead atoms. The van der Waals surface area contributed by atoms with E-state index < -0.39 is 0 Å². The molecule has 1 aromatic heterocycles. The lowest BCUT2D eigenvalue weighted by molar-refractivity contribution is -0.671. The molecule has 0 saturated carbocycles. The fraction of sp³-hybridized carbons (Fsp3) is 0.556. The number of hydrazone groups is 1. The van der Waals surface area contributed by atoms with Crippen LogP contribution in [0, 0.1) is 0 Å². The molecule has 0 unspecified atom stereocenters. The normalized spacial score (nSPS) is 14.3. The number of ether oxygens (including phenoxy) is 3. The maximum atomic E-state index is 6.29. The highest BCUT2D eigenvalue weighted by atomic mass is 16.5. The first kappa shape index (κ1) is 25.8. The summed E-state index contributed by atoms with van der Waals surface area (Å²) in [6, 6.07) is 8.36. The van der Waals surface area contributed by atoms with E-state index in [-0.39, 0.29) is 0 Å². The van der Waals surface area contributed by atoms with Crippen LogP contribution >= 0.6 is 0 Å². The molecule has 1 fully saturated rings. The van der Waals surface area contributed by atoms with E-state index in [9.17, 15) is 0 Å². The summed E-state index contributed by atoms with van der Waals surface area (Å²) in [5.41, 5.74) is 4.00. The first-order valence-corrected chi connectivity index (χ1v) is 12.5. The van der Waals surface area contributed by atoms with Crippen LogP contribution in [-0.2, 0) is 11.8 Å². The molecular formula is C27H41N4O3+. The summed E-state index contributed by atoms with van der Waals surface area (Å²) in [6.07, 6.45) is 8.27. The second kappa shape index (κ2) is 13.2. The van der Waals surface area contributed by atoms with Crippen molar-refractivity contribution >= 4 is 17.1 Å². The van der Waals surface area contributed by atoms with Crippen LogP contribution in [-0.4, -0.2) is 52.3 Å². The quantitative estimate of drug-likeness (QED) is 0.197. The standard InChI is InChI=1S/C27H41N4O3/c1-6-8-16-33-26-21-25(31-14-18-32-19-15-31)27(34-17-9-7-2)20-24(26)30(5)28-22(3)23-10-12-29(4)13-11-23/h10-13,20-21H,6-9,14-19H2,1-5H3/q+1. The number of morpholine rings is 1. The fourth-order valence-corrected chi connectivity index (χ4v) is 3.81. The van der Waals surface area contributed by atoms with Crippen LogP contribution in [0.1, 0.15) is 52.0 Å². The van der Waals surface area contributed by atoms with Gasteiger partial charge in [-0.1, -0.05) is 26.7 Å². The van der Waals surface area contributed by atoms with Gasteiger partial charge in [0.05, 0.1) is 37.8 Å². The third-order valence-electron chi connectivity index (χ3n) is 5.95. The van der Waals surface area contributed by atoms with Crippen LogP contribution in [0.25, 0.3) is 0 Å². The zero-order valence-electron chi connectivity index (χ0n) is 21.5. The molecule has 0 N–H and O–H groups in total. The Kier molecular flexibility index (Phi) is 10.0. The largest absolute Gasteiger partial charge is 0.491 e. The van der Waals surface area contributed by atoms with Crippen LogP contribution in [0.5, 0.6) is 11.5 Å². The average molecular weight is 470 g/mol. The Morgan fingerprint density at radius 2 is 1.65 bits per heavy atom. The van der Waals surface area contributed by atoms with Gasteiger partial charge >= 0.3 is 0 Å². The molecule has 1 aromatic carbocycles. The minimum atomic E-state index is 0.674. The molecule has 0 radical (unpaired) electrons. The molecule has 0 aliphatic carbocycles. The van der Waals surface area contributed by atoms with Gasteiger partial charge in [-0.2, -0.15) is 5.10 Å². The van der Waals surface area contributed by atoms with Gasteiger partial charge in [0.15, 0.2) is 12.4 Å². The molecule has 7 heteroatoms. The smallest absolute Gasteiger partial charge is 0.169 e. The molecule has 0 atom stereocenters. The number of unbranched alkanes of at least 4 members (excludes halogenated alkanes) is 2. The van der Waals surface area contributed by atoms with Crippen LogP contribution in [0.15, 0.2) is 41.8 Å². The predicted octanol–water partition coefficient (Wildman–Crippen LogP) is 4.57. The Morgan fingerprint density at radius 3 is 2.26 bits per heavy atom. The lowest BCUT2D eigenvalue weighted by Gasteiger charge is -2.31. The Bertz CT molecular complexity index is 924. The monoisotopic (exact) mass is 469 g/mol. The van der Waals surface area contributed by atoms with E-state index in [4.69, 9.17) is 19.3 Å². The van der Waals surface area contributed by atoms with E-state index in [0.717, 1.165) is 86.1 Å². The van der Waals surface area contributed by atoms with Crippen LogP contribution in [0.2, 0.25) is 0 Å². The number of hydrogen-bond donors (Lipinski definition) is 0. The molecule has 1 aliphatic rings. The van der Waals surface area contributed by atoms with E-state index in [1.165, 1.54) is 0 Å². The summed E-state index contributed by atoms with van der Waals surface area (Å²) in [4.78, 5) is 2.33. The minimum absolute atomic E-state index is 0.674. The third kappa shape index (κ3) is 7.10. The van der Waals surface area contributed by atoms with Crippen molar-refractivity contribution in [2.45, 2.75) is 46.5 Å². The molecule has 2 heterocycles. The van der Waals surface area contributed by atoms with Gasteiger partial charge in [-0.05, 0) is 19.8 Å². The van der Waals surface area contributed by atoms with Gasteiger partial charge in [-0.25, -0.2) is 4.57 Å². The van der Waals surface area contributed by atoms with Crippen molar-refractivity contribution in [1.82, 2.24) is 0 Å². The molecule has 34 heavy (non-hydrogen) atoms. The lowest BCUT2D eigenvalue weighted by atomic mass is 10.2. The van der Waals surface area contributed by atoms with Gasteiger partial charge < -0.3 is 19.1 Å². The first-order chi connectivity index (χ1) is 16.5. The maximum Gasteiger partial charge on any atom is 0.169 e.